The van der Waals surface area contributed by atoms with Crippen LogP contribution in [0.4, 0.5) is 0 Å². The maximum Gasteiger partial charge on any atom is 0.150 e. The number of rotatable bonds is 1. The van der Waals surface area contributed by atoms with E-state index in [0.29, 0.717) is 0 Å². The predicted molar refractivity (Wildman–Crippen MR) is 74.8 cm³/mol. The third kappa shape index (κ3) is 1.93. The van der Waals surface area contributed by atoms with Gasteiger partial charge in [0.25, 0.3) is 0 Å². The van der Waals surface area contributed by atoms with Crippen LogP contribution >= 0.6 is 45.2 Å². The van der Waals surface area contributed by atoms with Crippen LogP contribution in [0, 0.1) is 7.14 Å². The van der Waals surface area contributed by atoms with Crippen LogP contribution in [0.1, 0.15) is 10.4 Å². The summed E-state index contributed by atoms with van der Waals surface area (Å²) in [6.07, 6.45) is 0.882. The molecule has 0 aromatic heterocycles. The van der Waals surface area contributed by atoms with Gasteiger partial charge in [-0.05, 0) is 74.2 Å². The van der Waals surface area contributed by atoms with Gasteiger partial charge in [-0.2, -0.15) is 0 Å². The summed E-state index contributed by atoms with van der Waals surface area (Å²) in [4.78, 5) is 10.6. The molecule has 2 aromatic rings. The van der Waals surface area contributed by atoms with Crippen molar-refractivity contribution in [3.05, 3.63) is 43.0 Å². The Morgan fingerprint density at radius 2 is 1.86 bits per heavy atom. The van der Waals surface area contributed by atoms with Crippen molar-refractivity contribution in [2.24, 2.45) is 0 Å². The summed E-state index contributed by atoms with van der Waals surface area (Å²) < 4.78 is 2.41. The van der Waals surface area contributed by atoms with Gasteiger partial charge in [0.2, 0.25) is 0 Å². The number of carbonyl (C=O) groups excluding carboxylic acids is 1. The van der Waals surface area contributed by atoms with Gasteiger partial charge >= 0.3 is 0 Å². The fourth-order valence-electron chi connectivity index (χ4n) is 1.37. The fraction of sp³-hybridized carbons (Fsp3) is 0. The minimum Gasteiger partial charge on any atom is -0.298 e. The molecular formula is C11H6I2O. The molecule has 0 amide bonds. The van der Waals surface area contributed by atoms with Crippen LogP contribution in [0.3, 0.4) is 0 Å². The first kappa shape index (κ1) is 10.4. The molecular weight excluding hydrogens is 402 g/mol. The highest BCUT2D eigenvalue weighted by atomic mass is 127. The summed E-state index contributed by atoms with van der Waals surface area (Å²) in [7, 11) is 0. The van der Waals surface area contributed by atoms with Crippen LogP contribution in [-0.2, 0) is 0 Å². The van der Waals surface area contributed by atoms with E-state index in [1.54, 1.807) is 0 Å². The van der Waals surface area contributed by atoms with Crippen LogP contribution in [-0.4, -0.2) is 6.29 Å². The van der Waals surface area contributed by atoms with E-state index in [4.69, 9.17) is 0 Å². The lowest BCUT2D eigenvalue weighted by Gasteiger charge is -2.02. The number of aldehydes is 1. The molecule has 0 bridgehead atoms. The first-order chi connectivity index (χ1) is 6.70. The van der Waals surface area contributed by atoms with Crippen molar-refractivity contribution < 1.29 is 4.79 Å². The molecule has 0 spiro atoms. The topological polar surface area (TPSA) is 17.1 Å². The van der Waals surface area contributed by atoms with Crippen molar-refractivity contribution in [2.75, 3.05) is 0 Å². The lowest BCUT2D eigenvalue weighted by molar-refractivity contribution is 0.112. The summed E-state index contributed by atoms with van der Waals surface area (Å²) in [5.41, 5.74) is 0.733. The number of benzene rings is 2. The molecule has 0 aliphatic carbocycles. The summed E-state index contributed by atoms with van der Waals surface area (Å²) in [6, 6.07) is 10.00. The third-order valence-electron chi connectivity index (χ3n) is 2.03. The van der Waals surface area contributed by atoms with Gasteiger partial charge in [0.05, 0.1) is 0 Å². The number of halogens is 2. The zero-order valence-electron chi connectivity index (χ0n) is 7.13. The van der Waals surface area contributed by atoms with Crippen LogP contribution in [0.5, 0.6) is 0 Å². The van der Waals surface area contributed by atoms with Gasteiger partial charge in [0.1, 0.15) is 6.29 Å². The molecule has 2 rings (SSSR count). The fourth-order valence-corrected chi connectivity index (χ4v) is 3.41. The average Bonchev–Trinajstić information content (AvgIpc) is 2.17. The van der Waals surface area contributed by atoms with Crippen molar-refractivity contribution in [1.29, 1.82) is 0 Å². The molecule has 70 valence electrons. The van der Waals surface area contributed by atoms with E-state index < -0.39 is 0 Å². The van der Waals surface area contributed by atoms with Gasteiger partial charge in [0.15, 0.2) is 0 Å². The Labute approximate surface area is 109 Å². The minimum absolute atomic E-state index is 0.733. The van der Waals surface area contributed by atoms with Gasteiger partial charge in [-0.15, -0.1) is 0 Å². The van der Waals surface area contributed by atoms with Crippen LogP contribution in [0.25, 0.3) is 10.8 Å². The van der Waals surface area contributed by atoms with E-state index >= 15 is 0 Å². The molecule has 0 radical (unpaired) electrons. The van der Waals surface area contributed by atoms with E-state index in [1.807, 2.05) is 18.2 Å². The summed E-state index contributed by atoms with van der Waals surface area (Å²) in [5, 5.41) is 2.34. The second kappa shape index (κ2) is 4.14. The highest BCUT2D eigenvalue weighted by molar-refractivity contribution is 14.1. The van der Waals surface area contributed by atoms with E-state index in [2.05, 4.69) is 57.3 Å². The van der Waals surface area contributed by atoms with Gasteiger partial charge in [-0.25, -0.2) is 0 Å². The van der Waals surface area contributed by atoms with Crippen LogP contribution in [0.2, 0.25) is 0 Å². The molecule has 0 fully saturated rings. The Morgan fingerprint density at radius 1 is 1.07 bits per heavy atom. The molecule has 0 saturated heterocycles. The highest BCUT2D eigenvalue weighted by Gasteiger charge is 2.01. The molecule has 0 heterocycles. The third-order valence-corrected chi connectivity index (χ3v) is 3.54. The van der Waals surface area contributed by atoms with Crippen molar-refractivity contribution in [3.63, 3.8) is 0 Å². The Bertz CT molecular complexity index is 506. The molecule has 0 aliphatic heterocycles. The lowest BCUT2D eigenvalue weighted by Crippen LogP contribution is -1.84. The maximum atomic E-state index is 10.6. The average molecular weight is 408 g/mol. The minimum atomic E-state index is 0.733. The first-order valence-corrected chi connectivity index (χ1v) is 6.20. The Morgan fingerprint density at radius 3 is 2.57 bits per heavy atom. The van der Waals surface area contributed by atoms with E-state index in [-0.39, 0.29) is 0 Å². The Hall–Kier alpha value is -0.170. The van der Waals surface area contributed by atoms with E-state index in [1.165, 1.54) is 12.5 Å². The van der Waals surface area contributed by atoms with Crippen molar-refractivity contribution in [1.82, 2.24) is 0 Å². The van der Waals surface area contributed by atoms with Gasteiger partial charge in [0, 0.05) is 12.7 Å². The number of carbonyl (C=O) groups is 1. The second-order valence-corrected chi connectivity index (χ2v) is 5.39. The lowest BCUT2D eigenvalue weighted by atomic mass is 10.1. The second-order valence-electron chi connectivity index (χ2n) is 2.99. The van der Waals surface area contributed by atoms with Crippen molar-refractivity contribution in [3.8, 4) is 0 Å². The zero-order valence-corrected chi connectivity index (χ0v) is 11.4. The number of hydrogen-bond acceptors (Lipinski definition) is 1. The molecule has 14 heavy (non-hydrogen) atoms. The van der Waals surface area contributed by atoms with Crippen LogP contribution < -0.4 is 0 Å². The monoisotopic (exact) mass is 408 g/mol. The molecule has 0 unspecified atom stereocenters. The smallest absolute Gasteiger partial charge is 0.150 e. The molecule has 0 aliphatic rings. The maximum absolute atomic E-state index is 10.6. The van der Waals surface area contributed by atoms with Crippen molar-refractivity contribution in [2.45, 2.75) is 0 Å². The molecule has 1 nitrogen and oxygen atoms in total. The summed E-state index contributed by atoms with van der Waals surface area (Å²) >= 11 is 4.59. The molecule has 0 saturated carbocycles. The quantitative estimate of drug-likeness (QED) is 0.518. The van der Waals surface area contributed by atoms with Gasteiger partial charge in [-0.1, -0.05) is 12.1 Å². The summed E-state index contributed by atoms with van der Waals surface area (Å²) in [5.74, 6) is 0. The number of fused-ring (bicyclic) bond motifs is 1. The Balaban J connectivity index is 2.81. The zero-order chi connectivity index (χ0) is 10.1. The molecule has 0 atom stereocenters. The predicted octanol–water partition coefficient (Wildman–Crippen LogP) is 3.86. The van der Waals surface area contributed by atoms with Gasteiger partial charge < -0.3 is 0 Å². The SMILES string of the molecule is O=Cc1ccc2cc(I)cc(I)c2c1. The van der Waals surface area contributed by atoms with Crippen LogP contribution in [0.15, 0.2) is 30.3 Å². The normalized spacial score (nSPS) is 10.4. The van der Waals surface area contributed by atoms with E-state index in [0.717, 1.165) is 17.2 Å². The number of hydrogen-bond donors (Lipinski definition) is 0. The van der Waals surface area contributed by atoms with Crippen molar-refractivity contribution >= 4 is 62.2 Å². The van der Waals surface area contributed by atoms with Gasteiger partial charge in [-0.3, -0.25) is 4.79 Å². The van der Waals surface area contributed by atoms with E-state index in [9.17, 15) is 4.79 Å². The molecule has 0 N–H and O–H groups in total. The standard InChI is InChI=1S/C11H6I2O/c12-9-4-8-2-1-7(6-14)3-10(8)11(13)5-9/h1-6H. The highest BCUT2D eigenvalue weighted by Crippen LogP contribution is 2.24. The largest absolute Gasteiger partial charge is 0.298 e. The molecule has 3 heteroatoms. The Kier molecular flexibility index (Phi) is 3.06. The summed E-state index contributed by atoms with van der Waals surface area (Å²) in [6.45, 7) is 0. The first-order valence-electron chi connectivity index (χ1n) is 4.05. The molecule has 2 aromatic carbocycles.